The first-order chi connectivity index (χ1) is 11.7. The molecule has 2 aromatic heterocycles. The predicted octanol–water partition coefficient (Wildman–Crippen LogP) is 1.44. The van der Waals surface area contributed by atoms with Crippen molar-refractivity contribution in [2.45, 2.75) is 18.9 Å². The number of rotatable bonds is 4. The van der Waals surface area contributed by atoms with Crippen molar-refractivity contribution >= 4 is 11.6 Å². The van der Waals surface area contributed by atoms with Gasteiger partial charge >= 0.3 is 0 Å². The summed E-state index contributed by atoms with van der Waals surface area (Å²) in [6, 6.07) is 7.69. The number of nitrogens with one attached hydrogen (secondary N) is 1. The standard InChI is InChI=1S/C16H16N6O2/c17-6-10-1-3-11(4-2-10)15-20-16(24-21-15)12-5-14(23)22(9-12)13-7-18-19-8-13/h1-4,7-8,12H,5-6,9,17H2,(H,18,19). The van der Waals surface area contributed by atoms with Crippen molar-refractivity contribution in [1.29, 1.82) is 0 Å². The minimum absolute atomic E-state index is 0.0217. The molecule has 4 rings (SSSR count). The number of carbonyl (C=O) groups is 1. The van der Waals surface area contributed by atoms with Crippen molar-refractivity contribution in [3.05, 3.63) is 48.1 Å². The van der Waals surface area contributed by atoms with Crippen LogP contribution in [0.4, 0.5) is 5.69 Å². The second-order valence-electron chi connectivity index (χ2n) is 5.72. The number of hydrogen-bond acceptors (Lipinski definition) is 6. The van der Waals surface area contributed by atoms with Gasteiger partial charge in [0.25, 0.3) is 0 Å². The van der Waals surface area contributed by atoms with Crippen LogP contribution in [0.15, 0.2) is 41.2 Å². The Balaban J connectivity index is 1.53. The van der Waals surface area contributed by atoms with Gasteiger partial charge in [-0.2, -0.15) is 10.1 Å². The number of anilines is 1. The van der Waals surface area contributed by atoms with Crippen LogP contribution in [0.1, 0.15) is 23.8 Å². The highest BCUT2D eigenvalue weighted by molar-refractivity contribution is 5.96. The highest BCUT2D eigenvalue weighted by Crippen LogP contribution is 2.31. The fourth-order valence-electron chi connectivity index (χ4n) is 2.82. The van der Waals surface area contributed by atoms with Crippen molar-refractivity contribution in [3.63, 3.8) is 0 Å². The Morgan fingerprint density at radius 2 is 2.17 bits per heavy atom. The molecule has 0 radical (unpaired) electrons. The summed E-state index contributed by atoms with van der Waals surface area (Å²) < 4.78 is 5.39. The van der Waals surface area contributed by atoms with E-state index in [9.17, 15) is 4.79 Å². The van der Waals surface area contributed by atoms with Gasteiger partial charge in [0.15, 0.2) is 0 Å². The minimum atomic E-state index is -0.114. The molecule has 1 saturated heterocycles. The molecule has 1 aliphatic rings. The molecule has 1 aliphatic heterocycles. The third-order valence-corrected chi connectivity index (χ3v) is 4.16. The number of aromatic nitrogens is 4. The first-order valence-electron chi connectivity index (χ1n) is 7.66. The van der Waals surface area contributed by atoms with Crippen LogP contribution in [-0.4, -0.2) is 32.8 Å². The molecule has 8 nitrogen and oxygen atoms in total. The van der Waals surface area contributed by atoms with Crippen molar-refractivity contribution in [2.75, 3.05) is 11.4 Å². The van der Waals surface area contributed by atoms with E-state index in [1.807, 2.05) is 24.3 Å². The van der Waals surface area contributed by atoms with Gasteiger partial charge in [-0.3, -0.25) is 9.89 Å². The Labute approximate surface area is 137 Å². The molecule has 24 heavy (non-hydrogen) atoms. The van der Waals surface area contributed by atoms with E-state index in [1.54, 1.807) is 17.3 Å². The zero-order valence-corrected chi connectivity index (χ0v) is 12.8. The lowest BCUT2D eigenvalue weighted by atomic mass is 10.1. The summed E-state index contributed by atoms with van der Waals surface area (Å²) >= 11 is 0. The quantitative estimate of drug-likeness (QED) is 0.750. The Bertz CT molecular complexity index is 840. The summed E-state index contributed by atoms with van der Waals surface area (Å²) in [5.74, 6) is 0.903. The van der Waals surface area contributed by atoms with Crippen LogP contribution < -0.4 is 10.6 Å². The smallest absolute Gasteiger partial charge is 0.232 e. The molecule has 1 atom stereocenters. The number of H-pyrrole nitrogens is 1. The Morgan fingerprint density at radius 3 is 2.88 bits per heavy atom. The maximum Gasteiger partial charge on any atom is 0.232 e. The summed E-state index contributed by atoms with van der Waals surface area (Å²) in [7, 11) is 0. The summed E-state index contributed by atoms with van der Waals surface area (Å²) in [5.41, 5.74) is 8.25. The molecule has 1 unspecified atom stereocenters. The second kappa shape index (κ2) is 5.89. The van der Waals surface area contributed by atoms with Gasteiger partial charge < -0.3 is 15.2 Å². The fourth-order valence-corrected chi connectivity index (χ4v) is 2.82. The topological polar surface area (TPSA) is 114 Å². The molecule has 0 saturated carbocycles. The SMILES string of the molecule is NCc1ccc(-c2noc(C3CC(=O)N(c4cn[nH]c4)C3)n2)cc1. The molecule has 0 bridgehead atoms. The van der Waals surface area contributed by atoms with Crippen LogP contribution in [0, 0.1) is 0 Å². The van der Waals surface area contributed by atoms with Gasteiger partial charge in [-0.05, 0) is 5.56 Å². The molecule has 3 N–H and O–H groups in total. The number of hydrogen-bond donors (Lipinski definition) is 2. The van der Waals surface area contributed by atoms with Crippen LogP contribution in [0.5, 0.6) is 0 Å². The predicted molar refractivity (Wildman–Crippen MR) is 85.9 cm³/mol. The first-order valence-corrected chi connectivity index (χ1v) is 7.66. The number of amides is 1. The zero-order valence-electron chi connectivity index (χ0n) is 12.8. The molecule has 3 aromatic rings. The Morgan fingerprint density at radius 1 is 1.33 bits per heavy atom. The largest absolute Gasteiger partial charge is 0.339 e. The number of nitrogens with two attached hydrogens (primary N) is 1. The van der Waals surface area contributed by atoms with Crippen molar-refractivity contribution in [2.24, 2.45) is 5.73 Å². The normalized spacial score (nSPS) is 17.6. The highest BCUT2D eigenvalue weighted by atomic mass is 16.5. The van der Waals surface area contributed by atoms with Gasteiger partial charge in [-0.15, -0.1) is 0 Å². The van der Waals surface area contributed by atoms with Crippen molar-refractivity contribution < 1.29 is 9.32 Å². The first kappa shape index (κ1) is 14.6. The Hall–Kier alpha value is -3.00. The molecule has 0 spiro atoms. The summed E-state index contributed by atoms with van der Waals surface area (Å²) in [4.78, 5) is 18.3. The van der Waals surface area contributed by atoms with Gasteiger partial charge in [0.1, 0.15) is 0 Å². The molecule has 1 fully saturated rings. The van der Waals surface area contributed by atoms with E-state index in [-0.39, 0.29) is 11.8 Å². The van der Waals surface area contributed by atoms with E-state index >= 15 is 0 Å². The summed E-state index contributed by atoms with van der Waals surface area (Å²) in [6.07, 6.45) is 3.66. The minimum Gasteiger partial charge on any atom is -0.339 e. The third kappa shape index (κ3) is 2.56. The van der Waals surface area contributed by atoms with Crippen molar-refractivity contribution in [3.8, 4) is 11.4 Å². The maximum absolute atomic E-state index is 12.2. The lowest BCUT2D eigenvalue weighted by molar-refractivity contribution is -0.117. The average Bonchev–Trinajstić information content (AvgIpc) is 3.35. The van der Waals surface area contributed by atoms with E-state index < -0.39 is 0 Å². The number of benzene rings is 1. The van der Waals surface area contributed by atoms with E-state index in [0.29, 0.717) is 31.2 Å². The number of aromatic amines is 1. The number of nitrogens with zero attached hydrogens (tertiary/aromatic N) is 4. The van der Waals surface area contributed by atoms with Crippen LogP contribution in [-0.2, 0) is 11.3 Å². The second-order valence-corrected chi connectivity index (χ2v) is 5.72. The molecule has 1 aromatic carbocycles. The molecule has 122 valence electrons. The molecule has 1 amide bonds. The lowest BCUT2D eigenvalue weighted by Gasteiger charge is -2.12. The molecule has 8 heteroatoms. The van der Waals surface area contributed by atoms with E-state index in [4.69, 9.17) is 10.3 Å². The fraction of sp³-hybridized carbons (Fsp3) is 0.250. The summed E-state index contributed by atoms with van der Waals surface area (Å²) in [6.45, 7) is 0.998. The van der Waals surface area contributed by atoms with E-state index in [1.165, 1.54) is 0 Å². The molecular weight excluding hydrogens is 308 g/mol. The van der Waals surface area contributed by atoms with Gasteiger partial charge in [0.05, 0.1) is 17.8 Å². The van der Waals surface area contributed by atoms with Gasteiger partial charge in [0.2, 0.25) is 17.6 Å². The molecule has 0 aliphatic carbocycles. The van der Waals surface area contributed by atoms with Crippen LogP contribution in [0.3, 0.4) is 0 Å². The monoisotopic (exact) mass is 324 g/mol. The van der Waals surface area contributed by atoms with Crippen molar-refractivity contribution in [1.82, 2.24) is 20.3 Å². The maximum atomic E-state index is 12.2. The Kier molecular flexibility index (Phi) is 3.58. The van der Waals surface area contributed by atoms with E-state index in [2.05, 4.69) is 20.3 Å². The highest BCUT2D eigenvalue weighted by Gasteiger charge is 2.35. The lowest BCUT2D eigenvalue weighted by Crippen LogP contribution is -2.23. The zero-order chi connectivity index (χ0) is 16.5. The van der Waals surface area contributed by atoms with Crippen LogP contribution >= 0.6 is 0 Å². The summed E-state index contributed by atoms with van der Waals surface area (Å²) in [5, 5.41) is 10.6. The van der Waals surface area contributed by atoms with Crippen LogP contribution in [0.2, 0.25) is 0 Å². The third-order valence-electron chi connectivity index (χ3n) is 4.16. The molecule has 3 heterocycles. The van der Waals surface area contributed by atoms with Gasteiger partial charge in [0, 0.05) is 31.3 Å². The number of carbonyl (C=O) groups excluding carboxylic acids is 1. The van der Waals surface area contributed by atoms with Gasteiger partial charge in [-0.25, -0.2) is 0 Å². The van der Waals surface area contributed by atoms with Crippen LogP contribution in [0.25, 0.3) is 11.4 Å². The molecular formula is C16H16N6O2. The van der Waals surface area contributed by atoms with Gasteiger partial charge in [-0.1, -0.05) is 29.4 Å². The average molecular weight is 324 g/mol. The van der Waals surface area contributed by atoms with E-state index in [0.717, 1.165) is 16.8 Å².